The molecule has 0 bridgehead atoms. The Bertz CT molecular complexity index is 1480. The SMILES string of the molecule is CCCCC(=O)Nc1ccc2[nH]c(-c3cc(C)cc(C)c3)c(CCN(Cc3ccccc3)C(=O)OC(C)(C)C)c2c1. The van der Waals surface area contributed by atoms with Crippen LogP contribution in [0.3, 0.4) is 0 Å². The lowest BCUT2D eigenvalue weighted by Gasteiger charge is -2.27. The Hall–Kier alpha value is -4.06. The molecule has 1 aromatic heterocycles. The summed E-state index contributed by atoms with van der Waals surface area (Å²) in [4.78, 5) is 31.3. The van der Waals surface area contributed by atoms with Gasteiger partial charge < -0.3 is 19.9 Å². The Morgan fingerprint density at radius 2 is 1.66 bits per heavy atom. The minimum Gasteiger partial charge on any atom is -0.444 e. The molecule has 0 aliphatic carbocycles. The van der Waals surface area contributed by atoms with Gasteiger partial charge in [-0.05, 0) is 94.5 Å². The molecule has 0 saturated heterocycles. The number of hydrogen-bond donors (Lipinski definition) is 2. The van der Waals surface area contributed by atoms with E-state index < -0.39 is 5.60 Å². The number of hydrogen-bond acceptors (Lipinski definition) is 3. The fourth-order valence-electron chi connectivity index (χ4n) is 5.12. The number of aromatic nitrogens is 1. The van der Waals surface area contributed by atoms with Crippen LogP contribution in [0.1, 0.15) is 69.2 Å². The minimum absolute atomic E-state index is 0.0248. The average Bonchev–Trinajstić information content (AvgIpc) is 3.26. The molecule has 0 unspecified atom stereocenters. The number of fused-ring (bicyclic) bond motifs is 1. The third kappa shape index (κ3) is 8.23. The summed E-state index contributed by atoms with van der Waals surface area (Å²) in [5.74, 6) is 0.0248. The molecule has 3 aromatic carbocycles. The van der Waals surface area contributed by atoms with Gasteiger partial charge in [-0.15, -0.1) is 0 Å². The van der Waals surface area contributed by atoms with Gasteiger partial charge in [-0.2, -0.15) is 0 Å². The van der Waals surface area contributed by atoms with Gasteiger partial charge in [-0.25, -0.2) is 4.79 Å². The van der Waals surface area contributed by atoms with E-state index in [9.17, 15) is 9.59 Å². The molecule has 4 rings (SSSR count). The minimum atomic E-state index is -0.595. The molecule has 2 amide bonds. The average molecular weight is 554 g/mol. The van der Waals surface area contributed by atoms with Crippen LogP contribution in [0.5, 0.6) is 0 Å². The number of nitrogens with one attached hydrogen (secondary N) is 2. The molecule has 0 aliphatic heterocycles. The fourth-order valence-corrected chi connectivity index (χ4v) is 5.12. The van der Waals surface area contributed by atoms with Crippen molar-refractivity contribution < 1.29 is 14.3 Å². The first-order valence-electron chi connectivity index (χ1n) is 14.6. The van der Waals surface area contributed by atoms with Crippen molar-refractivity contribution in [1.82, 2.24) is 9.88 Å². The topological polar surface area (TPSA) is 74.4 Å². The fraction of sp³-hybridized carbons (Fsp3) is 0.371. The van der Waals surface area contributed by atoms with Crippen LogP contribution >= 0.6 is 0 Å². The van der Waals surface area contributed by atoms with Crippen molar-refractivity contribution in [2.24, 2.45) is 0 Å². The maximum atomic E-state index is 13.3. The van der Waals surface area contributed by atoms with Gasteiger partial charge in [0.1, 0.15) is 5.60 Å². The van der Waals surface area contributed by atoms with Crippen molar-refractivity contribution in [2.45, 2.75) is 79.4 Å². The summed E-state index contributed by atoms with van der Waals surface area (Å²) >= 11 is 0. The number of aromatic amines is 1. The molecular formula is C35H43N3O3. The largest absolute Gasteiger partial charge is 0.444 e. The number of anilines is 1. The second-order valence-electron chi connectivity index (χ2n) is 11.9. The molecule has 0 saturated carbocycles. The monoisotopic (exact) mass is 553 g/mol. The van der Waals surface area contributed by atoms with E-state index in [1.807, 2.05) is 69.3 Å². The molecule has 2 N–H and O–H groups in total. The predicted octanol–water partition coefficient (Wildman–Crippen LogP) is 8.56. The summed E-state index contributed by atoms with van der Waals surface area (Å²) in [6.07, 6.45) is 2.62. The van der Waals surface area contributed by atoms with Gasteiger partial charge in [-0.1, -0.05) is 60.9 Å². The van der Waals surface area contributed by atoms with E-state index in [1.54, 1.807) is 4.90 Å². The zero-order valence-corrected chi connectivity index (χ0v) is 25.3. The number of ether oxygens (including phenoxy) is 1. The Labute approximate surface area is 244 Å². The molecular weight excluding hydrogens is 510 g/mol. The molecule has 4 aromatic rings. The van der Waals surface area contributed by atoms with Gasteiger partial charge in [0.15, 0.2) is 0 Å². The van der Waals surface area contributed by atoms with Crippen LogP contribution in [-0.2, 0) is 22.5 Å². The Kier molecular flexibility index (Phi) is 9.53. The van der Waals surface area contributed by atoms with Gasteiger partial charge in [0, 0.05) is 41.8 Å². The van der Waals surface area contributed by atoms with E-state index in [0.29, 0.717) is 25.9 Å². The lowest BCUT2D eigenvalue weighted by atomic mass is 9.99. The van der Waals surface area contributed by atoms with Crippen molar-refractivity contribution in [1.29, 1.82) is 0 Å². The van der Waals surface area contributed by atoms with E-state index in [-0.39, 0.29) is 12.0 Å². The van der Waals surface area contributed by atoms with E-state index in [0.717, 1.165) is 51.8 Å². The quantitative estimate of drug-likeness (QED) is 0.207. The highest BCUT2D eigenvalue weighted by Gasteiger charge is 2.24. The molecule has 0 fully saturated rings. The van der Waals surface area contributed by atoms with Crippen LogP contribution in [0.2, 0.25) is 0 Å². The first kappa shape index (κ1) is 29.9. The zero-order chi connectivity index (χ0) is 29.6. The molecule has 216 valence electrons. The highest BCUT2D eigenvalue weighted by atomic mass is 16.6. The molecule has 0 atom stereocenters. The Morgan fingerprint density at radius 3 is 2.32 bits per heavy atom. The lowest BCUT2D eigenvalue weighted by Crippen LogP contribution is -2.37. The number of H-pyrrole nitrogens is 1. The molecule has 1 heterocycles. The number of nitrogens with zero attached hydrogens (tertiary/aromatic N) is 1. The Morgan fingerprint density at radius 1 is 0.951 bits per heavy atom. The van der Waals surface area contributed by atoms with Crippen LogP contribution in [0.25, 0.3) is 22.2 Å². The van der Waals surface area contributed by atoms with Crippen LogP contribution in [0, 0.1) is 13.8 Å². The van der Waals surface area contributed by atoms with Gasteiger partial charge >= 0.3 is 6.09 Å². The van der Waals surface area contributed by atoms with Crippen molar-refractivity contribution in [3.63, 3.8) is 0 Å². The van der Waals surface area contributed by atoms with E-state index in [4.69, 9.17) is 4.74 Å². The third-order valence-corrected chi connectivity index (χ3v) is 6.96. The highest BCUT2D eigenvalue weighted by Crippen LogP contribution is 2.34. The molecule has 0 spiro atoms. The standard InChI is InChI=1S/C35H43N3O3/c1-7-8-14-32(39)36-28-15-16-31-30(22-28)29(33(37-31)27-20-24(2)19-25(3)21-27)17-18-38(34(40)41-35(4,5)6)23-26-12-10-9-11-13-26/h9-13,15-16,19-22,37H,7-8,14,17-18,23H2,1-6H3,(H,36,39). The number of amides is 2. The number of unbranched alkanes of at least 4 members (excludes halogenated alkanes) is 1. The molecule has 0 aliphatic rings. The number of aryl methyl sites for hydroxylation is 2. The summed E-state index contributed by atoms with van der Waals surface area (Å²) in [6.45, 7) is 12.9. The number of carbonyl (C=O) groups is 2. The maximum Gasteiger partial charge on any atom is 0.410 e. The summed E-state index contributed by atoms with van der Waals surface area (Å²) in [5.41, 5.74) is 7.84. The summed E-state index contributed by atoms with van der Waals surface area (Å²) < 4.78 is 5.80. The molecule has 0 radical (unpaired) electrons. The van der Waals surface area contributed by atoms with E-state index in [1.165, 1.54) is 11.1 Å². The molecule has 41 heavy (non-hydrogen) atoms. The van der Waals surface area contributed by atoms with Crippen molar-refractivity contribution in [2.75, 3.05) is 11.9 Å². The second-order valence-corrected chi connectivity index (χ2v) is 11.9. The number of carbonyl (C=O) groups excluding carboxylic acids is 2. The number of rotatable bonds is 10. The van der Waals surface area contributed by atoms with Crippen LogP contribution < -0.4 is 5.32 Å². The van der Waals surface area contributed by atoms with Crippen molar-refractivity contribution >= 4 is 28.6 Å². The normalized spacial score (nSPS) is 11.5. The summed E-state index contributed by atoms with van der Waals surface area (Å²) in [7, 11) is 0. The summed E-state index contributed by atoms with van der Waals surface area (Å²) in [6, 6.07) is 22.5. The third-order valence-electron chi connectivity index (χ3n) is 6.96. The van der Waals surface area contributed by atoms with Crippen molar-refractivity contribution in [3.05, 3.63) is 89.0 Å². The van der Waals surface area contributed by atoms with Crippen molar-refractivity contribution in [3.8, 4) is 11.3 Å². The first-order chi connectivity index (χ1) is 19.5. The Balaban J connectivity index is 1.72. The smallest absolute Gasteiger partial charge is 0.410 e. The lowest BCUT2D eigenvalue weighted by molar-refractivity contribution is -0.116. The maximum absolute atomic E-state index is 13.3. The molecule has 6 heteroatoms. The van der Waals surface area contributed by atoms with Crippen LogP contribution in [0.4, 0.5) is 10.5 Å². The summed E-state index contributed by atoms with van der Waals surface area (Å²) in [5, 5.41) is 4.11. The van der Waals surface area contributed by atoms with Crippen LogP contribution in [0.15, 0.2) is 66.7 Å². The second kappa shape index (κ2) is 13.1. The van der Waals surface area contributed by atoms with Gasteiger partial charge in [0.25, 0.3) is 0 Å². The number of benzene rings is 3. The first-order valence-corrected chi connectivity index (χ1v) is 14.6. The van der Waals surface area contributed by atoms with E-state index >= 15 is 0 Å². The molecule has 6 nitrogen and oxygen atoms in total. The van der Waals surface area contributed by atoms with Crippen LogP contribution in [-0.4, -0.2) is 34.0 Å². The van der Waals surface area contributed by atoms with E-state index in [2.05, 4.69) is 49.3 Å². The van der Waals surface area contributed by atoms with Gasteiger partial charge in [0.2, 0.25) is 5.91 Å². The zero-order valence-electron chi connectivity index (χ0n) is 25.3. The van der Waals surface area contributed by atoms with Gasteiger partial charge in [0.05, 0.1) is 0 Å². The van der Waals surface area contributed by atoms with Gasteiger partial charge in [-0.3, -0.25) is 4.79 Å². The highest BCUT2D eigenvalue weighted by molar-refractivity contribution is 5.97. The predicted molar refractivity (Wildman–Crippen MR) is 168 cm³/mol.